The number of rotatable bonds is 4. The van der Waals surface area contributed by atoms with Crippen molar-refractivity contribution < 1.29 is 8.60 Å². The van der Waals surface area contributed by atoms with Crippen molar-refractivity contribution in [3.8, 4) is 0 Å². The van der Waals surface area contributed by atoms with Crippen LogP contribution in [-0.4, -0.2) is 8.96 Å². The molecule has 0 aromatic heterocycles. The van der Waals surface area contributed by atoms with Gasteiger partial charge in [0.25, 0.3) is 0 Å². The SMILES string of the molecule is C[C@H](CC(C)(C)S(N)=O)c1ccc(Cl)cc1F. The van der Waals surface area contributed by atoms with Gasteiger partial charge < -0.3 is 0 Å². The third-order valence-electron chi connectivity index (χ3n) is 2.84. The molecule has 0 radical (unpaired) electrons. The lowest BCUT2D eigenvalue weighted by Crippen LogP contribution is -2.33. The molecule has 0 bridgehead atoms. The Labute approximate surface area is 109 Å². The van der Waals surface area contributed by atoms with Gasteiger partial charge in [0.05, 0.1) is 15.7 Å². The fourth-order valence-electron chi connectivity index (χ4n) is 1.83. The van der Waals surface area contributed by atoms with Crippen LogP contribution >= 0.6 is 11.6 Å². The predicted molar refractivity (Wildman–Crippen MR) is 70.9 cm³/mol. The Morgan fingerprint density at radius 1 is 1.53 bits per heavy atom. The molecule has 0 saturated carbocycles. The molecule has 0 aliphatic rings. The Morgan fingerprint density at radius 3 is 2.59 bits per heavy atom. The Morgan fingerprint density at radius 2 is 2.12 bits per heavy atom. The zero-order valence-corrected chi connectivity index (χ0v) is 11.7. The van der Waals surface area contributed by atoms with Gasteiger partial charge in [-0.05, 0) is 43.9 Å². The van der Waals surface area contributed by atoms with Gasteiger partial charge in [0.1, 0.15) is 5.82 Å². The molecule has 0 spiro atoms. The molecule has 0 fully saturated rings. The Bertz CT molecular complexity index is 437. The van der Waals surface area contributed by atoms with Crippen molar-refractivity contribution in [1.82, 2.24) is 0 Å². The Balaban J connectivity index is 2.90. The molecule has 0 heterocycles. The number of nitrogens with two attached hydrogens (primary N) is 1. The number of hydrogen-bond acceptors (Lipinski definition) is 1. The van der Waals surface area contributed by atoms with Crippen molar-refractivity contribution >= 4 is 22.6 Å². The van der Waals surface area contributed by atoms with E-state index < -0.39 is 15.7 Å². The van der Waals surface area contributed by atoms with Crippen molar-refractivity contribution in [1.29, 1.82) is 0 Å². The molecule has 0 saturated heterocycles. The molecule has 1 rings (SSSR count). The second kappa shape index (κ2) is 5.46. The molecule has 2 atom stereocenters. The monoisotopic (exact) mass is 277 g/mol. The van der Waals surface area contributed by atoms with Gasteiger partial charge in [0.2, 0.25) is 0 Å². The van der Waals surface area contributed by atoms with Crippen molar-refractivity contribution in [2.45, 2.75) is 37.9 Å². The number of hydrogen-bond donors (Lipinski definition) is 1. The van der Waals surface area contributed by atoms with E-state index in [-0.39, 0.29) is 11.7 Å². The molecular formula is C12H17ClFNOS. The van der Waals surface area contributed by atoms with E-state index in [9.17, 15) is 8.60 Å². The maximum atomic E-state index is 13.7. The average Bonchev–Trinajstić information content (AvgIpc) is 2.15. The lowest BCUT2D eigenvalue weighted by atomic mass is 9.91. The summed E-state index contributed by atoms with van der Waals surface area (Å²) in [6.45, 7) is 5.52. The Hall–Kier alpha value is -0.450. The zero-order chi connectivity index (χ0) is 13.2. The van der Waals surface area contributed by atoms with Gasteiger partial charge in [-0.3, -0.25) is 5.14 Å². The second-order valence-electron chi connectivity index (χ2n) is 4.83. The summed E-state index contributed by atoms with van der Waals surface area (Å²) in [5, 5.41) is 5.79. The largest absolute Gasteiger partial charge is 0.251 e. The van der Waals surface area contributed by atoms with Gasteiger partial charge in [0, 0.05) is 5.02 Å². The van der Waals surface area contributed by atoms with E-state index in [0.29, 0.717) is 17.0 Å². The van der Waals surface area contributed by atoms with Gasteiger partial charge in [0.15, 0.2) is 0 Å². The molecule has 96 valence electrons. The molecular weight excluding hydrogens is 261 g/mol. The molecule has 1 unspecified atom stereocenters. The van der Waals surface area contributed by atoms with Crippen LogP contribution in [0.15, 0.2) is 18.2 Å². The molecule has 1 aromatic rings. The summed E-state index contributed by atoms with van der Waals surface area (Å²) < 4.78 is 24.5. The van der Waals surface area contributed by atoms with Crippen LogP contribution in [0.5, 0.6) is 0 Å². The molecule has 0 aliphatic heterocycles. The first-order valence-electron chi connectivity index (χ1n) is 5.35. The smallest absolute Gasteiger partial charge is 0.128 e. The molecule has 1 aromatic carbocycles. The zero-order valence-electron chi connectivity index (χ0n) is 10.2. The van der Waals surface area contributed by atoms with Gasteiger partial charge in [-0.2, -0.15) is 0 Å². The van der Waals surface area contributed by atoms with E-state index in [1.54, 1.807) is 12.1 Å². The quantitative estimate of drug-likeness (QED) is 0.901. The van der Waals surface area contributed by atoms with Crippen LogP contribution in [0.2, 0.25) is 5.02 Å². The maximum Gasteiger partial charge on any atom is 0.128 e. The van der Waals surface area contributed by atoms with Crippen molar-refractivity contribution in [3.63, 3.8) is 0 Å². The molecule has 2 nitrogen and oxygen atoms in total. The minimum absolute atomic E-state index is 0.0604. The Kier molecular flexibility index (Phi) is 4.69. The molecule has 2 N–H and O–H groups in total. The highest BCUT2D eigenvalue weighted by molar-refractivity contribution is 7.84. The maximum absolute atomic E-state index is 13.7. The summed E-state index contributed by atoms with van der Waals surface area (Å²) in [7, 11) is -1.43. The molecule has 5 heteroatoms. The minimum atomic E-state index is -1.43. The minimum Gasteiger partial charge on any atom is -0.251 e. The van der Waals surface area contributed by atoms with E-state index in [0.717, 1.165) is 0 Å². The van der Waals surface area contributed by atoms with Gasteiger partial charge in [-0.25, -0.2) is 8.60 Å². The van der Waals surface area contributed by atoms with Crippen LogP contribution in [0.25, 0.3) is 0 Å². The van der Waals surface area contributed by atoms with Crippen LogP contribution in [0.3, 0.4) is 0 Å². The summed E-state index contributed by atoms with van der Waals surface area (Å²) >= 11 is 5.70. The normalized spacial score (nSPS) is 15.6. The third kappa shape index (κ3) is 3.76. The fraction of sp³-hybridized carbons (Fsp3) is 0.500. The van der Waals surface area contributed by atoms with Crippen LogP contribution in [0.4, 0.5) is 4.39 Å². The summed E-state index contributed by atoms with van der Waals surface area (Å²) in [6, 6.07) is 4.61. The highest BCUT2D eigenvalue weighted by atomic mass is 35.5. The van der Waals surface area contributed by atoms with E-state index in [4.69, 9.17) is 16.7 Å². The number of halogens is 2. The van der Waals surface area contributed by atoms with Crippen LogP contribution < -0.4 is 5.14 Å². The lowest BCUT2D eigenvalue weighted by molar-refractivity contribution is 0.516. The van der Waals surface area contributed by atoms with Crippen molar-refractivity contribution in [2.75, 3.05) is 0 Å². The van der Waals surface area contributed by atoms with E-state index >= 15 is 0 Å². The molecule has 0 aliphatic carbocycles. The van der Waals surface area contributed by atoms with Gasteiger partial charge >= 0.3 is 0 Å². The summed E-state index contributed by atoms with van der Waals surface area (Å²) in [5.41, 5.74) is 0.577. The summed E-state index contributed by atoms with van der Waals surface area (Å²) in [6.07, 6.45) is 0.550. The summed E-state index contributed by atoms with van der Waals surface area (Å²) in [5.74, 6) is -0.390. The van der Waals surface area contributed by atoms with Crippen LogP contribution in [0, 0.1) is 5.82 Å². The summed E-state index contributed by atoms with van der Waals surface area (Å²) in [4.78, 5) is 0. The lowest BCUT2D eigenvalue weighted by Gasteiger charge is -2.25. The van der Waals surface area contributed by atoms with Crippen molar-refractivity contribution in [3.05, 3.63) is 34.6 Å². The predicted octanol–water partition coefficient (Wildman–Crippen LogP) is 3.37. The third-order valence-corrected chi connectivity index (χ3v) is 4.33. The van der Waals surface area contributed by atoms with E-state index in [1.165, 1.54) is 6.07 Å². The first-order valence-corrected chi connectivity index (χ1v) is 6.94. The first kappa shape index (κ1) is 14.6. The average molecular weight is 278 g/mol. The van der Waals surface area contributed by atoms with Gasteiger partial charge in [-0.15, -0.1) is 0 Å². The van der Waals surface area contributed by atoms with Crippen LogP contribution in [0.1, 0.15) is 38.7 Å². The van der Waals surface area contributed by atoms with E-state index in [1.807, 2.05) is 20.8 Å². The fourth-order valence-corrected chi connectivity index (χ4v) is 2.40. The topological polar surface area (TPSA) is 43.1 Å². The van der Waals surface area contributed by atoms with E-state index in [2.05, 4.69) is 0 Å². The van der Waals surface area contributed by atoms with Crippen molar-refractivity contribution in [2.24, 2.45) is 5.14 Å². The molecule has 0 amide bonds. The second-order valence-corrected chi connectivity index (χ2v) is 6.96. The first-order chi connectivity index (χ1) is 7.74. The highest BCUT2D eigenvalue weighted by Crippen LogP contribution is 2.30. The van der Waals surface area contributed by atoms with Crippen LogP contribution in [-0.2, 0) is 11.0 Å². The highest BCUT2D eigenvalue weighted by Gasteiger charge is 2.27. The standard InChI is InChI=1S/C12H17ClFNOS/c1-8(7-12(2,3)17(15)16)10-5-4-9(13)6-11(10)14/h4-6,8H,7,15H2,1-3H3/t8-,17?/m1/s1. The molecule has 17 heavy (non-hydrogen) atoms. The van der Waals surface area contributed by atoms with Gasteiger partial charge in [-0.1, -0.05) is 24.6 Å². The number of benzene rings is 1.